The van der Waals surface area contributed by atoms with E-state index in [1.165, 1.54) is 0 Å². The predicted octanol–water partition coefficient (Wildman–Crippen LogP) is -1.63. The van der Waals surface area contributed by atoms with Crippen LogP contribution in [-0.2, 0) is 33.9 Å². The number of carboxylic acid groups (broad SMARTS) is 2. The summed E-state index contributed by atoms with van der Waals surface area (Å²) >= 11 is 0.500. The first kappa shape index (κ1) is 22.7. The Balaban J connectivity index is -0.0000000412. The molecule has 0 heterocycles. The molecule has 61 valence electrons. The Hall–Kier alpha value is -0.600. The zero-order valence-electron chi connectivity index (χ0n) is 4.77. The molecule has 0 aliphatic rings. The molecule has 10 heavy (non-hydrogen) atoms. The van der Waals surface area contributed by atoms with Crippen molar-refractivity contribution in [3.63, 3.8) is 0 Å². The summed E-state index contributed by atoms with van der Waals surface area (Å²) in [6.07, 6.45) is 0. The second-order valence-electron chi connectivity index (χ2n) is 0.610. The van der Waals surface area contributed by atoms with Gasteiger partial charge in [-0.3, -0.25) is 0 Å². The molecule has 0 saturated carbocycles. The van der Waals surface area contributed by atoms with Gasteiger partial charge in [0, 0.05) is 0 Å². The number of rotatable bonds is 0. The van der Waals surface area contributed by atoms with E-state index in [0.717, 1.165) is 0 Å². The van der Waals surface area contributed by atoms with Crippen LogP contribution in [0.1, 0.15) is 0 Å². The Morgan fingerprint density at radius 3 is 1.10 bits per heavy atom. The van der Waals surface area contributed by atoms with Crippen molar-refractivity contribution in [1.29, 1.82) is 0 Å². The number of carbonyl (C=O) groups is 2. The average molecular weight is 234 g/mol. The first-order chi connectivity index (χ1) is 3.64. The second-order valence-corrected chi connectivity index (χ2v) is 0.610. The number of hydrogen-bond donors (Lipinski definition) is 3. The van der Waals surface area contributed by atoms with Crippen LogP contribution in [0.2, 0.25) is 0 Å². The molecular formula is C2H7NNbO6. The summed E-state index contributed by atoms with van der Waals surface area (Å²) in [5.74, 6) is -3.65. The Morgan fingerprint density at radius 1 is 1.00 bits per heavy atom. The number of hydrogen-bond acceptors (Lipinski definition) is 4. The van der Waals surface area contributed by atoms with Crippen molar-refractivity contribution in [2.75, 3.05) is 0 Å². The molecule has 0 rings (SSSR count). The van der Waals surface area contributed by atoms with Crippen molar-refractivity contribution in [1.82, 2.24) is 6.15 Å². The third kappa shape index (κ3) is 26.2. The van der Waals surface area contributed by atoms with E-state index in [0.29, 0.717) is 21.0 Å². The van der Waals surface area contributed by atoms with E-state index in [-0.39, 0.29) is 11.6 Å². The molecule has 0 aromatic heterocycles. The fraction of sp³-hybridized carbons (Fsp3) is 0. The summed E-state index contributed by atoms with van der Waals surface area (Å²) in [7, 11) is 0. The van der Waals surface area contributed by atoms with Crippen LogP contribution in [0.25, 0.3) is 0 Å². The molecule has 0 atom stereocenters. The summed E-state index contributed by atoms with van der Waals surface area (Å²) in [4.78, 5) is 18.2. The van der Waals surface area contributed by atoms with Gasteiger partial charge in [-0.05, 0) is 0 Å². The van der Waals surface area contributed by atoms with Crippen molar-refractivity contribution in [2.24, 2.45) is 0 Å². The van der Waals surface area contributed by atoms with Crippen LogP contribution in [0.15, 0.2) is 0 Å². The zero-order chi connectivity index (χ0) is 7.15. The molecule has 0 aliphatic carbocycles. The first-order valence-electron chi connectivity index (χ1n) is 1.29. The van der Waals surface area contributed by atoms with Crippen LogP contribution in [0.3, 0.4) is 0 Å². The van der Waals surface area contributed by atoms with Gasteiger partial charge < -0.3 is 21.8 Å². The summed E-state index contributed by atoms with van der Waals surface area (Å²) in [5, 5.41) is 14.8. The van der Waals surface area contributed by atoms with Crippen LogP contribution >= 0.6 is 0 Å². The van der Waals surface area contributed by atoms with Gasteiger partial charge in [-0.15, -0.1) is 0 Å². The van der Waals surface area contributed by atoms with Gasteiger partial charge in [-0.25, -0.2) is 9.59 Å². The van der Waals surface area contributed by atoms with Gasteiger partial charge in [-0.1, -0.05) is 0 Å². The van der Waals surface area contributed by atoms with Crippen molar-refractivity contribution in [3.8, 4) is 0 Å². The second kappa shape index (κ2) is 15.8. The van der Waals surface area contributed by atoms with Gasteiger partial charge in [0.2, 0.25) is 0 Å². The fourth-order valence-corrected chi connectivity index (χ4v) is 0. The van der Waals surface area contributed by atoms with E-state index in [1.807, 2.05) is 0 Å². The standard InChI is InChI=1S/C2H2O4.H3N.Nb.H2O.O/c3-1(4)2(5)6;;;;/h(H,3,4)(H,5,6);1H3;;1H2;. The van der Waals surface area contributed by atoms with Gasteiger partial charge >= 0.3 is 36.2 Å². The monoisotopic (exact) mass is 234 g/mol. The quantitative estimate of drug-likeness (QED) is 0.337. The molecule has 8 heteroatoms. The molecule has 0 spiro atoms. The minimum atomic E-state index is -1.82. The van der Waals surface area contributed by atoms with E-state index in [1.54, 1.807) is 0 Å². The SMILES string of the molecule is N.O.O=C(O)C(=O)O.[O]=[Nb]. The Morgan fingerprint density at radius 2 is 1.10 bits per heavy atom. The molecule has 7 N–H and O–H groups in total. The third-order valence-electron chi connectivity index (χ3n) is 0.183. The molecule has 0 saturated heterocycles. The van der Waals surface area contributed by atoms with Crippen LogP contribution in [0.5, 0.6) is 0 Å². The number of aliphatic carboxylic acids is 2. The van der Waals surface area contributed by atoms with Crippen LogP contribution in [0, 0.1) is 0 Å². The van der Waals surface area contributed by atoms with Gasteiger partial charge in [0.05, 0.1) is 0 Å². The molecule has 0 amide bonds. The van der Waals surface area contributed by atoms with Crippen LogP contribution in [-0.4, -0.2) is 27.6 Å². The van der Waals surface area contributed by atoms with E-state index in [9.17, 15) is 0 Å². The van der Waals surface area contributed by atoms with E-state index >= 15 is 0 Å². The van der Waals surface area contributed by atoms with E-state index < -0.39 is 11.9 Å². The van der Waals surface area contributed by atoms with E-state index in [2.05, 4.69) is 0 Å². The normalized spacial score (nSPS) is 4.70. The van der Waals surface area contributed by atoms with Crippen molar-refractivity contribution < 1.29 is 49.6 Å². The Labute approximate surface area is 68.2 Å². The van der Waals surface area contributed by atoms with Crippen molar-refractivity contribution in [2.45, 2.75) is 0 Å². The maximum absolute atomic E-state index is 9.10. The molecule has 0 aromatic rings. The summed E-state index contributed by atoms with van der Waals surface area (Å²) < 4.78 is 8.30. The summed E-state index contributed by atoms with van der Waals surface area (Å²) in [5.41, 5.74) is 0. The van der Waals surface area contributed by atoms with E-state index in [4.69, 9.17) is 23.1 Å². The molecule has 0 aliphatic heterocycles. The summed E-state index contributed by atoms with van der Waals surface area (Å²) in [6.45, 7) is 0. The molecule has 0 radical (unpaired) electrons. The average Bonchev–Trinajstić information content (AvgIpc) is 1.72. The Bertz CT molecular complexity index is 91.9. The van der Waals surface area contributed by atoms with Crippen LogP contribution < -0.4 is 6.15 Å². The minimum absolute atomic E-state index is 0. The maximum atomic E-state index is 9.10. The summed E-state index contributed by atoms with van der Waals surface area (Å²) in [6, 6.07) is 0. The number of carboxylic acids is 2. The molecule has 7 nitrogen and oxygen atoms in total. The Kier molecular flexibility index (Phi) is 35.9. The predicted molar refractivity (Wildman–Crippen MR) is 24.6 cm³/mol. The third-order valence-corrected chi connectivity index (χ3v) is 0.183. The first-order valence-corrected chi connectivity index (χ1v) is 2.19. The van der Waals surface area contributed by atoms with Gasteiger partial charge in [0.25, 0.3) is 0 Å². The van der Waals surface area contributed by atoms with Gasteiger partial charge in [-0.2, -0.15) is 0 Å². The zero-order valence-corrected chi connectivity index (χ0v) is 6.97. The molecule has 0 unspecified atom stereocenters. The van der Waals surface area contributed by atoms with Gasteiger partial charge in [0.1, 0.15) is 0 Å². The molecular weight excluding hydrogens is 227 g/mol. The van der Waals surface area contributed by atoms with Crippen molar-refractivity contribution >= 4 is 11.9 Å². The molecule has 0 fully saturated rings. The van der Waals surface area contributed by atoms with Gasteiger partial charge in [0.15, 0.2) is 0 Å². The van der Waals surface area contributed by atoms with Crippen molar-refractivity contribution in [3.05, 3.63) is 0 Å². The van der Waals surface area contributed by atoms with Crippen LogP contribution in [0.4, 0.5) is 0 Å². The molecule has 0 aromatic carbocycles. The topological polar surface area (TPSA) is 158 Å². The molecule has 0 bridgehead atoms. The fourth-order valence-electron chi connectivity index (χ4n) is 0.